The zero-order chi connectivity index (χ0) is 8.27. The lowest BCUT2D eigenvalue weighted by molar-refractivity contribution is 0.108. The second-order valence-corrected chi connectivity index (χ2v) is 3.26. The molecule has 1 aliphatic heterocycles. The van der Waals surface area contributed by atoms with Gasteiger partial charge in [-0.25, -0.2) is 4.79 Å². The highest BCUT2D eigenvalue weighted by molar-refractivity contribution is 7.81. The third kappa shape index (κ3) is 2.98. The van der Waals surface area contributed by atoms with E-state index in [0.717, 1.165) is 6.42 Å². The molecule has 1 heterocycles. The van der Waals surface area contributed by atoms with Crippen molar-refractivity contribution in [2.45, 2.75) is 17.8 Å². The summed E-state index contributed by atoms with van der Waals surface area (Å²) in [4.78, 5) is 10.1. The Kier molecular flexibility index (Phi) is 3.02. The van der Waals surface area contributed by atoms with Crippen molar-refractivity contribution in [1.82, 2.24) is 5.32 Å². The van der Waals surface area contributed by atoms with Crippen LogP contribution in [0.3, 0.4) is 0 Å². The molecule has 1 saturated heterocycles. The Morgan fingerprint density at radius 2 is 2.55 bits per heavy atom. The maximum absolute atomic E-state index is 10.1. The maximum atomic E-state index is 10.1. The highest BCUT2D eigenvalue weighted by atomic mass is 32.1. The monoisotopic (exact) mass is 177 g/mol. The van der Waals surface area contributed by atoms with Gasteiger partial charge < -0.3 is 15.2 Å². The highest BCUT2D eigenvalue weighted by Gasteiger charge is 2.22. The molecular weight excluding hydrogens is 166 g/mol. The number of hydrogen-bond donors (Lipinski definition) is 3. The van der Waals surface area contributed by atoms with E-state index in [0.29, 0.717) is 13.2 Å². The average Bonchev–Trinajstić information content (AvgIpc) is 2.31. The second-order valence-electron chi connectivity index (χ2n) is 2.53. The molecule has 5 heteroatoms. The molecule has 0 aromatic rings. The van der Waals surface area contributed by atoms with Crippen LogP contribution < -0.4 is 5.32 Å². The van der Waals surface area contributed by atoms with Crippen LogP contribution >= 0.6 is 12.6 Å². The Morgan fingerprint density at radius 3 is 3.00 bits per heavy atom. The van der Waals surface area contributed by atoms with Crippen molar-refractivity contribution in [2.75, 3.05) is 13.2 Å². The Morgan fingerprint density at radius 1 is 1.82 bits per heavy atom. The molecular formula is C6H11NO3S. The first-order valence-corrected chi connectivity index (χ1v) is 3.96. The third-order valence-corrected chi connectivity index (χ3v) is 1.90. The number of ether oxygens (including phenoxy) is 1. The first-order chi connectivity index (χ1) is 5.18. The molecule has 11 heavy (non-hydrogen) atoms. The van der Waals surface area contributed by atoms with Gasteiger partial charge >= 0.3 is 6.09 Å². The fourth-order valence-electron chi connectivity index (χ4n) is 1.03. The SMILES string of the molecule is O=C(O)NCC1CC(S)CO1. The Hall–Kier alpha value is -0.420. The van der Waals surface area contributed by atoms with E-state index in [1.165, 1.54) is 0 Å². The molecule has 0 bridgehead atoms. The quantitative estimate of drug-likeness (QED) is 0.533. The zero-order valence-electron chi connectivity index (χ0n) is 5.99. The molecule has 1 fully saturated rings. The van der Waals surface area contributed by atoms with E-state index in [2.05, 4.69) is 17.9 Å². The van der Waals surface area contributed by atoms with E-state index < -0.39 is 6.09 Å². The Bertz CT molecular complexity index is 153. The highest BCUT2D eigenvalue weighted by Crippen LogP contribution is 2.16. The molecule has 1 rings (SSSR count). The zero-order valence-corrected chi connectivity index (χ0v) is 6.88. The normalized spacial score (nSPS) is 30.3. The lowest BCUT2D eigenvalue weighted by Crippen LogP contribution is -2.30. The van der Waals surface area contributed by atoms with Gasteiger partial charge in [0, 0.05) is 11.8 Å². The number of nitrogens with one attached hydrogen (secondary N) is 1. The number of thiol groups is 1. The van der Waals surface area contributed by atoms with Gasteiger partial charge in [-0.15, -0.1) is 0 Å². The summed E-state index contributed by atoms with van der Waals surface area (Å²) in [6.07, 6.45) is -0.173. The Labute approximate surface area is 70.3 Å². The van der Waals surface area contributed by atoms with Crippen LogP contribution in [0.2, 0.25) is 0 Å². The van der Waals surface area contributed by atoms with Crippen molar-refractivity contribution in [3.8, 4) is 0 Å². The molecule has 0 aromatic heterocycles. The molecule has 64 valence electrons. The molecule has 0 radical (unpaired) electrons. The fraction of sp³-hybridized carbons (Fsp3) is 0.833. The lowest BCUT2D eigenvalue weighted by Gasteiger charge is -2.07. The minimum Gasteiger partial charge on any atom is -0.465 e. The van der Waals surface area contributed by atoms with Gasteiger partial charge in [0.05, 0.1) is 12.7 Å². The van der Waals surface area contributed by atoms with Crippen molar-refractivity contribution < 1.29 is 14.6 Å². The third-order valence-electron chi connectivity index (χ3n) is 1.54. The molecule has 1 aliphatic rings. The van der Waals surface area contributed by atoms with E-state index in [9.17, 15) is 4.79 Å². The van der Waals surface area contributed by atoms with Gasteiger partial charge in [0.25, 0.3) is 0 Å². The van der Waals surface area contributed by atoms with Gasteiger partial charge in [0.2, 0.25) is 0 Å². The second kappa shape index (κ2) is 3.82. The fourth-order valence-corrected chi connectivity index (χ4v) is 1.35. The largest absolute Gasteiger partial charge is 0.465 e. The summed E-state index contributed by atoms with van der Waals surface area (Å²) in [5, 5.41) is 10.8. The van der Waals surface area contributed by atoms with E-state index in [1.807, 2.05) is 0 Å². The number of carbonyl (C=O) groups is 1. The molecule has 0 saturated carbocycles. The van der Waals surface area contributed by atoms with Gasteiger partial charge in [-0.2, -0.15) is 12.6 Å². The minimum absolute atomic E-state index is 0.00796. The summed E-state index contributed by atoms with van der Waals surface area (Å²) in [5.74, 6) is 0. The molecule has 2 N–H and O–H groups in total. The molecule has 0 spiro atoms. The number of hydrogen-bond acceptors (Lipinski definition) is 3. The molecule has 4 nitrogen and oxygen atoms in total. The predicted octanol–water partition coefficient (Wildman–Crippen LogP) is 0.341. The van der Waals surface area contributed by atoms with Crippen LogP contribution in [-0.4, -0.2) is 35.7 Å². The van der Waals surface area contributed by atoms with Crippen molar-refractivity contribution in [3.05, 3.63) is 0 Å². The molecule has 2 unspecified atom stereocenters. The summed E-state index contributed by atoms with van der Waals surface area (Å²) < 4.78 is 5.21. The van der Waals surface area contributed by atoms with Crippen molar-refractivity contribution >= 4 is 18.7 Å². The smallest absolute Gasteiger partial charge is 0.404 e. The van der Waals surface area contributed by atoms with Crippen LogP contribution in [0.15, 0.2) is 0 Å². The van der Waals surface area contributed by atoms with Gasteiger partial charge in [-0.3, -0.25) is 0 Å². The van der Waals surface area contributed by atoms with Gasteiger partial charge in [0.15, 0.2) is 0 Å². The summed E-state index contributed by atoms with van der Waals surface area (Å²) in [5.41, 5.74) is 0. The average molecular weight is 177 g/mol. The van der Waals surface area contributed by atoms with Crippen molar-refractivity contribution in [1.29, 1.82) is 0 Å². The summed E-state index contributed by atoms with van der Waals surface area (Å²) >= 11 is 4.20. The topological polar surface area (TPSA) is 58.6 Å². The van der Waals surface area contributed by atoms with Crippen LogP contribution in [0, 0.1) is 0 Å². The van der Waals surface area contributed by atoms with Gasteiger partial charge in [-0.1, -0.05) is 0 Å². The molecule has 1 amide bonds. The standard InChI is InChI=1S/C6H11NO3S/c8-6(9)7-2-4-1-5(11)3-10-4/h4-5,7,11H,1-3H2,(H,8,9). The van der Waals surface area contributed by atoms with Crippen LogP contribution in [0.4, 0.5) is 4.79 Å². The van der Waals surface area contributed by atoms with Crippen LogP contribution in [0.5, 0.6) is 0 Å². The van der Waals surface area contributed by atoms with E-state index >= 15 is 0 Å². The lowest BCUT2D eigenvalue weighted by atomic mass is 10.2. The molecule has 0 aliphatic carbocycles. The van der Waals surface area contributed by atoms with E-state index in [1.54, 1.807) is 0 Å². The van der Waals surface area contributed by atoms with Crippen LogP contribution in [0.25, 0.3) is 0 Å². The van der Waals surface area contributed by atoms with Gasteiger partial charge in [0.1, 0.15) is 0 Å². The Balaban J connectivity index is 2.13. The van der Waals surface area contributed by atoms with E-state index in [-0.39, 0.29) is 11.4 Å². The number of amides is 1. The molecule has 2 atom stereocenters. The first kappa shape index (κ1) is 8.67. The van der Waals surface area contributed by atoms with Crippen LogP contribution in [0.1, 0.15) is 6.42 Å². The minimum atomic E-state index is -1.00. The summed E-state index contributed by atoms with van der Waals surface area (Å²) in [6.45, 7) is 0.988. The molecule has 0 aromatic carbocycles. The maximum Gasteiger partial charge on any atom is 0.404 e. The summed E-state index contributed by atoms with van der Waals surface area (Å²) in [7, 11) is 0. The summed E-state index contributed by atoms with van der Waals surface area (Å²) in [6, 6.07) is 0. The van der Waals surface area contributed by atoms with E-state index in [4.69, 9.17) is 9.84 Å². The predicted molar refractivity (Wildman–Crippen MR) is 43.2 cm³/mol. The van der Waals surface area contributed by atoms with Crippen LogP contribution in [-0.2, 0) is 4.74 Å². The van der Waals surface area contributed by atoms with Crippen molar-refractivity contribution in [2.24, 2.45) is 0 Å². The number of carboxylic acid groups (broad SMARTS) is 1. The van der Waals surface area contributed by atoms with Crippen molar-refractivity contribution in [3.63, 3.8) is 0 Å². The first-order valence-electron chi connectivity index (χ1n) is 3.45. The van der Waals surface area contributed by atoms with Gasteiger partial charge in [-0.05, 0) is 6.42 Å². The number of rotatable bonds is 2.